The predicted octanol–water partition coefficient (Wildman–Crippen LogP) is 3.58. The SMILES string of the molecule is CCCNCc1ccc2ccn(Cc3ccccn3)c2c1. The molecule has 0 unspecified atom stereocenters. The Kier molecular flexibility index (Phi) is 4.31. The van der Waals surface area contributed by atoms with Crippen molar-refractivity contribution in [2.75, 3.05) is 6.54 Å². The first-order valence-electron chi connectivity index (χ1n) is 7.55. The highest BCUT2D eigenvalue weighted by Gasteiger charge is 2.04. The molecule has 0 aliphatic carbocycles. The Hall–Kier alpha value is -2.13. The normalized spacial score (nSPS) is 11.1. The van der Waals surface area contributed by atoms with Crippen LogP contribution in [0.2, 0.25) is 0 Å². The van der Waals surface area contributed by atoms with Crippen LogP contribution in [0, 0.1) is 0 Å². The number of fused-ring (bicyclic) bond motifs is 1. The van der Waals surface area contributed by atoms with Gasteiger partial charge >= 0.3 is 0 Å². The Labute approximate surface area is 125 Å². The standard InChI is InChI=1S/C18H21N3/c1-2-9-19-13-15-6-7-16-8-11-21(18(16)12-15)14-17-5-3-4-10-20-17/h3-8,10-12,19H,2,9,13-14H2,1H3. The fourth-order valence-corrected chi connectivity index (χ4v) is 2.55. The van der Waals surface area contributed by atoms with Crippen molar-refractivity contribution in [2.24, 2.45) is 0 Å². The summed E-state index contributed by atoms with van der Waals surface area (Å²) >= 11 is 0. The zero-order valence-electron chi connectivity index (χ0n) is 12.4. The minimum atomic E-state index is 0.816. The smallest absolute Gasteiger partial charge is 0.0648 e. The molecule has 0 atom stereocenters. The number of benzene rings is 1. The molecule has 0 saturated carbocycles. The molecule has 0 amide bonds. The Bertz CT molecular complexity index is 701. The number of nitrogens with zero attached hydrogens (tertiary/aromatic N) is 2. The molecule has 1 N–H and O–H groups in total. The molecule has 0 radical (unpaired) electrons. The molecule has 0 bridgehead atoms. The Balaban J connectivity index is 1.83. The van der Waals surface area contributed by atoms with Gasteiger partial charge in [0.2, 0.25) is 0 Å². The molecule has 1 aromatic carbocycles. The van der Waals surface area contributed by atoms with Crippen molar-refractivity contribution in [3.63, 3.8) is 0 Å². The van der Waals surface area contributed by atoms with Crippen LogP contribution in [0.3, 0.4) is 0 Å². The maximum absolute atomic E-state index is 4.41. The van der Waals surface area contributed by atoms with E-state index in [1.165, 1.54) is 16.5 Å². The van der Waals surface area contributed by atoms with Gasteiger partial charge in [-0.1, -0.05) is 25.1 Å². The molecular formula is C18H21N3. The lowest BCUT2D eigenvalue weighted by Gasteiger charge is -2.07. The van der Waals surface area contributed by atoms with Crippen LogP contribution in [-0.4, -0.2) is 16.1 Å². The third-order valence-electron chi connectivity index (χ3n) is 3.65. The van der Waals surface area contributed by atoms with E-state index in [4.69, 9.17) is 0 Å². The molecule has 21 heavy (non-hydrogen) atoms. The van der Waals surface area contributed by atoms with Crippen LogP contribution in [0.1, 0.15) is 24.6 Å². The second-order valence-electron chi connectivity index (χ2n) is 5.33. The molecule has 3 nitrogen and oxygen atoms in total. The number of hydrogen-bond donors (Lipinski definition) is 1. The first-order chi connectivity index (χ1) is 10.4. The first kappa shape index (κ1) is 13.8. The van der Waals surface area contributed by atoms with Crippen molar-refractivity contribution in [3.05, 3.63) is 66.1 Å². The number of nitrogens with one attached hydrogen (secondary N) is 1. The predicted molar refractivity (Wildman–Crippen MR) is 87.3 cm³/mol. The van der Waals surface area contributed by atoms with Crippen molar-refractivity contribution < 1.29 is 0 Å². The van der Waals surface area contributed by atoms with Gasteiger partial charge in [-0.15, -0.1) is 0 Å². The van der Waals surface area contributed by atoms with Gasteiger partial charge in [-0.25, -0.2) is 0 Å². The monoisotopic (exact) mass is 279 g/mol. The van der Waals surface area contributed by atoms with E-state index in [0.717, 1.165) is 31.7 Å². The van der Waals surface area contributed by atoms with Crippen LogP contribution in [0.4, 0.5) is 0 Å². The molecule has 0 saturated heterocycles. The Morgan fingerprint density at radius 1 is 1.14 bits per heavy atom. The van der Waals surface area contributed by atoms with Gasteiger partial charge in [-0.05, 0) is 48.2 Å². The third kappa shape index (κ3) is 3.31. The summed E-state index contributed by atoms with van der Waals surface area (Å²) in [5.74, 6) is 0. The zero-order valence-corrected chi connectivity index (χ0v) is 12.4. The number of aromatic nitrogens is 2. The van der Waals surface area contributed by atoms with E-state index in [1.807, 2.05) is 18.3 Å². The van der Waals surface area contributed by atoms with Gasteiger partial charge in [-0.3, -0.25) is 4.98 Å². The highest BCUT2D eigenvalue weighted by atomic mass is 15.0. The minimum Gasteiger partial charge on any atom is -0.341 e. The van der Waals surface area contributed by atoms with E-state index in [2.05, 4.69) is 58.3 Å². The number of pyridine rings is 1. The topological polar surface area (TPSA) is 29.9 Å². The molecule has 2 aromatic heterocycles. The van der Waals surface area contributed by atoms with E-state index in [-0.39, 0.29) is 0 Å². The highest BCUT2D eigenvalue weighted by Crippen LogP contribution is 2.18. The third-order valence-corrected chi connectivity index (χ3v) is 3.65. The van der Waals surface area contributed by atoms with Gasteiger partial charge in [0, 0.05) is 24.5 Å². The van der Waals surface area contributed by atoms with E-state index < -0.39 is 0 Å². The van der Waals surface area contributed by atoms with Crippen LogP contribution < -0.4 is 5.32 Å². The van der Waals surface area contributed by atoms with Gasteiger partial charge in [-0.2, -0.15) is 0 Å². The van der Waals surface area contributed by atoms with E-state index in [9.17, 15) is 0 Å². The van der Waals surface area contributed by atoms with Crippen molar-refractivity contribution in [3.8, 4) is 0 Å². The molecule has 0 spiro atoms. The summed E-state index contributed by atoms with van der Waals surface area (Å²) in [4.78, 5) is 4.41. The van der Waals surface area contributed by atoms with Crippen LogP contribution in [0.25, 0.3) is 10.9 Å². The minimum absolute atomic E-state index is 0.816. The largest absolute Gasteiger partial charge is 0.341 e. The average Bonchev–Trinajstić information content (AvgIpc) is 2.91. The molecule has 3 rings (SSSR count). The maximum Gasteiger partial charge on any atom is 0.0648 e. The summed E-state index contributed by atoms with van der Waals surface area (Å²) in [6, 6.07) is 14.9. The average molecular weight is 279 g/mol. The van der Waals surface area contributed by atoms with Gasteiger partial charge in [0.25, 0.3) is 0 Å². The van der Waals surface area contributed by atoms with Gasteiger partial charge < -0.3 is 9.88 Å². The van der Waals surface area contributed by atoms with E-state index >= 15 is 0 Å². The van der Waals surface area contributed by atoms with E-state index in [0.29, 0.717) is 0 Å². The molecule has 0 aliphatic heterocycles. The summed E-state index contributed by atoms with van der Waals surface area (Å²) in [7, 11) is 0. The molecule has 3 aromatic rings. The van der Waals surface area contributed by atoms with Crippen molar-refractivity contribution in [1.29, 1.82) is 0 Å². The quantitative estimate of drug-likeness (QED) is 0.699. The van der Waals surface area contributed by atoms with E-state index in [1.54, 1.807) is 0 Å². The second kappa shape index (κ2) is 6.55. The lowest BCUT2D eigenvalue weighted by molar-refractivity contribution is 0.675. The molecule has 2 heterocycles. The summed E-state index contributed by atoms with van der Waals surface area (Å²) in [5.41, 5.74) is 3.69. The Morgan fingerprint density at radius 2 is 2.10 bits per heavy atom. The van der Waals surface area contributed by atoms with Gasteiger partial charge in [0.1, 0.15) is 0 Å². The fourth-order valence-electron chi connectivity index (χ4n) is 2.55. The van der Waals surface area contributed by atoms with Gasteiger partial charge in [0.05, 0.1) is 12.2 Å². The zero-order chi connectivity index (χ0) is 14.5. The van der Waals surface area contributed by atoms with Crippen molar-refractivity contribution in [1.82, 2.24) is 14.9 Å². The second-order valence-corrected chi connectivity index (χ2v) is 5.33. The van der Waals surface area contributed by atoms with Crippen LogP contribution in [-0.2, 0) is 13.1 Å². The lowest BCUT2D eigenvalue weighted by atomic mass is 10.1. The summed E-state index contributed by atoms with van der Waals surface area (Å²) in [6.45, 7) is 5.00. The molecular weight excluding hydrogens is 258 g/mol. The van der Waals surface area contributed by atoms with Crippen molar-refractivity contribution in [2.45, 2.75) is 26.4 Å². The number of hydrogen-bond acceptors (Lipinski definition) is 2. The molecule has 0 fully saturated rings. The highest BCUT2D eigenvalue weighted by molar-refractivity contribution is 5.80. The Morgan fingerprint density at radius 3 is 2.90 bits per heavy atom. The van der Waals surface area contributed by atoms with Crippen LogP contribution in [0.5, 0.6) is 0 Å². The summed E-state index contributed by atoms with van der Waals surface area (Å²) < 4.78 is 2.26. The number of rotatable bonds is 6. The van der Waals surface area contributed by atoms with Gasteiger partial charge in [0.15, 0.2) is 0 Å². The van der Waals surface area contributed by atoms with Crippen LogP contribution in [0.15, 0.2) is 54.9 Å². The first-order valence-corrected chi connectivity index (χ1v) is 7.55. The molecule has 3 heteroatoms. The fraction of sp³-hybridized carbons (Fsp3) is 0.278. The van der Waals surface area contributed by atoms with Crippen LogP contribution >= 0.6 is 0 Å². The molecule has 0 aliphatic rings. The summed E-state index contributed by atoms with van der Waals surface area (Å²) in [6.07, 6.45) is 5.15. The lowest BCUT2D eigenvalue weighted by Crippen LogP contribution is -2.13. The van der Waals surface area contributed by atoms with Crippen molar-refractivity contribution >= 4 is 10.9 Å². The molecule has 108 valence electrons. The maximum atomic E-state index is 4.41. The summed E-state index contributed by atoms with van der Waals surface area (Å²) in [5, 5.41) is 4.74.